The van der Waals surface area contributed by atoms with Gasteiger partial charge in [-0.2, -0.15) is 13.2 Å². The monoisotopic (exact) mass is 540 g/mol. The van der Waals surface area contributed by atoms with Crippen LogP contribution in [0.5, 0.6) is 0 Å². The lowest BCUT2D eigenvalue weighted by molar-refractivity contribution is -0.145. The molecule has 3 atom stereocenters. The maximum absolute atomic E-state index is 13.5. The molecule has 6 nitrogen and oxygen atoms in total. The zero-order valence-corrected chi connectivity index (χ0v) is 20.8. The van der Waals surface area contributed by atoms with Crippen LogP contribution in [-0.4, -0.2) is 37.0 Å². The summed E-state index contributed by atoms with van der Waals surface area (Å²) in [7, 11) is -1.16. The van der Waals surface area contributed by atoms with Gasteiger partial charge in [0.05, 0.1) is 4.90 Å². The number of rotatable bonds is 6. The van der Waals surface area contributed by atoms with E-state index in [9.17, 15) is 31.0 Å². The second-order valence-electron chi connectivity index (χ2n) is 8.44. The van der Waals surface area contributed by atoms with E-state index in [1.54, 1.807) is 12.1 Å². The van der Waals surface area contributed by atoms with Crippen LogP contribution in [0.1, 0.15) is 38.1 Å². The van der Waals surface area contributed by atoms with Crippen LogP contribution in [0.2, 0.25) is 0 Å². The Labute approximate surface area is 213 Å². The summed E-state index contributed by atoms with van der Waals surface area (Å²) in [6, 6.07) is 10.6. The SMILES string of the molecule is CC1CCC(C)N1S(=O)c1ccc(F)cc1.O=CNCc1cc(-c2cnc(C(F)(F)F)nc2)ccc1F. The average molecular weight is 541 g/mol. The summed E-state index contributed by atoms with van der Waals surface area (Å²) < 4.78 is 77.6. The molecule has 12 heteroatoms. The molecule has 198 valence electrons. The molecular weight excluding hydrogens is 515 g/mol. The number of hydrogen-bond acceptors (Lipinski definition) is 4. The van der Waals surface area contributed by atoms with Crippen molar-refractivity contribution >= 4 is 17.4 Å². The zero-order chi connectivity index (χ0) is 27.2. The van der Waals surface area contributed by atoms with Gasteiger partial charge in [0.1, 0.15) is 22.6 Å². The lowest BCUT2D eigenvalue weighted by Gasteiger charge is -2.24. The van der Waals surface area contributed by atoms with E-state index in [1.165, 1.54) is 24.3 Å². The number of nitrogens with zero attached hydrogens (tertiary/aromatic N) is 3. The van der Waals surface area contributed by atoms with Crippen LogP contribution in [0.4, 0.5) is 22.0 Å². The van der Waals surface area contributed by atoms with E-state index < -0.39 is 28.8 Å². The first kappa shape index (κ1) is 28.3. The number of benzene rings is 2. The van der Waals surface area contributed by atoms with Gasteiger partial charge in [-0.3, -0.25) is 4.79 Å². The van der Waals surface area contributed by atoms with Crippen LogP contribution in [0.15, 0.2) is 59.8 Å². The first-order valence-electron chi connectivity index (χ1n) is 11.3. The second kappa shape index (κ2) is 12.3. The van der Waals surface area contributed by atoms with E-state index in [1.807, 2.05) is 4.31 Å². The van der Waals surface area contributed by atoms with Gasteiger partial charge in [0.25, 0.3) is 0 Å². The van der Waals surface area contributed by atoms with E-state index in [0.29, 0.717) is 34.5 Å². The van der Waals surface area contributed by atoms with Crippen molar-refractivity contribution < 1.29 is 31.0 Å². The van der Waals surface area contributed by atoms with Gasteiger partial charge in [-0.25, -0.2) is 27.3 Å². The number of nitrogens with one attached hydrogen (secondary N) is 1. The highest BCUT2D eigenvalue weighted by Crippen LogP contribution is 2.29. The van der Waals surface area contributed by atoms with E-state index >= 15 is 0 Å². The number of aromatic nitrogens is 2. The summed E-state index contributed by atoms with van der Waals surface area (Å²) in [5, 5.41) is 2.31. The number of carbonyl (C=O) groups is 1. The minimum absolute atomic E-state index is 0.0231. The molecule has 1 aromatic heterocycles. The van der Waals surface area contributed by atoms with Crippen molar-refractivity contribution in [1.29, 1.82) is 0 Å². The molecular formula is C25H25F5N4O2S. The lowest BCUT2D eigenvalue weighted by Crippen LogP contribution is -2.34. The smallest absolute Gasteiger partial charge is 0.354 e. The Kier molecular flexibility index (Phi) is 9.44. The molecule has 0 saturated carbocycles. The number of halogens is 5. The minimum atomic E-state index is -4.61. The summed E-state index contributed by atoms with van der Waals surface area (Å²) in [6.45, 7) is 4.15. The molecule has 0 spiro atoms. The number of carbonyl (C=O) groups excluding carboxylic acids is 1. The summed E-state index contributed by atoms with van der Waals surface area (Å²) in [5.74, 6) is -2.06. The van der Waals surface area contributed by atoms with Crippen LogP contribution in [-0.2, 0) is 28.5 Å². The molecule has 2 heterocycles. The van der Waals surface area contributed by atoms with Crippen LogP contribution in [0, 0.1) is 11.6 Å². The normalized spacial score (nSPS) is 18.6. The second-order valence-corrected chi connectivity index (χ2v) is 9.83. The third kappa shape index (κ3) is 7.39. The Bertz CT molecular complexity index is 1210. The third-order valence-corrected chi connectivity index (χ3v) is 7.52. The molecule has 1 amide bonds. The van der Waals surface area contributed by atoms with Crippen LogP contribution >= 0.6 is 0 Å². The van der Waals surface area contributed by atoms with Crippen molar-refractivity contribution in [2.24, 2.45) is 0 Å². The molecule has 1 aliphatic heterocycles. The van der Waals surface area contributed by atoms with Gasteiger partial charge in [0, 0.05) is 42.1 Å². The van der Waals surface area contributed by atoms with Crippen molar-refractivity contribution in [3.63, 3.8) is 0 Å². The van der Waals surface area contributed by atoms with Gasteiger partial charge in [0.15, 0.2) is 0 Å². The van der Waals surface area contributed by atoms with E-state index in [4.69, 9.17) is 0 Å². The summed E-state index contributed by atoms with van der Waals surface area (Å²) in [4.78, 5) is 17.4. The van der Waals surface area contributed by atoms with E-state index in [2.05, 4.69) is 29.1 Å². The number of hydrogen-bond donors (Lipinski definition) is 1. The molecule has 4 rings (SSSR count). The maximum Gasteiger partial charge on any atom is 0.451 e. The van der Waals surface area contributed by atoms with E-state index in [-0.39, 0.29) is 17.9 Å². The standard InChI is InChI=1S/C13H9F4N3O.C12H16FNOS/c14-11-2-1-8(3-9(11)4-18-7-21)10-5-19-12(20-6-10)13(15,16)17;1-9-3-4-10(2)14(9)16(15)12-7-5-11(13)6-8-12/h1-3,5-7H,4H2,(H,18,21);5-10H,3-4H2,1-2H3. The molecule has 37 heavy (non-hydrogen) atoms. The highest BCUT2D eigenvalue weighted by atomic mass is 32.2. The Morgan fingerprint density at radius 2 is 1.59 bits per heavy atom. The highest BCUT2D eigenvalue weighted by Gasteiger charge is 2.34. The molecule has 0 aliphatic carbocycles. The quantitative estimate of drug-likeness (QED) is 0.342. The van der Waals surface area contributed by atoms with Gasteiger partial charge in [-0.05, 0) is 68.7 Å². The fraction of sp³-hybridized carbons (Fsp3) is 0.320. The molecule has 1 saturated heterocycles. The first-order valence-corrected chi connectivity index (χ1v) is 12.4. The van der Waals surface area contributed by atoms with Gasteiger partial charge >= 0.3 is 6.18 Å². The molecule has 3 unspecified atom stereocenters. The third-order valence-electron chi connectivity index (χ3n) is 5.74. The van der Waals surface area contributed by atoms with Crippen molar-refractivity contribution in [2.75, 3.05) is 0 Å². The highest BCUT2D eigenvalue weighted by molar-refractivity contribution is 7.82. The maximum atomic E-state index is 13.5. The van der Waals surface area contributed by atoms with Gasteiger partial charge in [-0.1, -0.05) is 6.07 Å². The summed E-state index contributed by atoms with van der Waals surface area (Å²) >= 11 is 0. The zero-order valence-electron chi connectivity index (χ0n) is 20.0. The molecule has 1 N–H and O–H groups in total. The van der Waals surface area contributed by atoms with Crippen molar-refractivity contribution in [2.45, 2.75) is 56.4 Å². The summed E-state index contributed by atoms with van der Waals surface area (Å²) in [6.07, 6.45) is -0.00406. The fourth-order valence-electron chi connectivity index (χ4n) is 3.84. The number of alkyl halides is 3. The van der Waals surface area contributed by atoms with Gasteiger partial charge < -0.3 is 5.32 Å². The van der Waals surface area contributed by atoms with Crippen LogP contribution in [0.3, 0.4) is 0 Å². The fourth-order valence-corrected chi connectivity index (χ4v) is 5.31. The molecule has 2 aromatic carbocycles. The molecule has 0 bridgehead atoms. The average Bonchev–Trinajstić information content (AvgIpc) is 3.21. The largest absolute Gasteiger partial charge is 0.451 e. The Balaban J connectivity index is 0.000000213. The molecule has 1 fully saturated rings. The first-order chi connectivity index (χ1) is 17.5. The predicted molar refractivity (Wildman–Crippen MR) is 128 cm³/mol. The van der Waals surface area contributed by atoms with Crippen molar-refractivity contribution in [3.8, 4) is 11.1 Å². The van der Waals surface area contributed by atoms with Crippen LogP contribution in [0.25, 0.3) is 11.1 Å². The van der Waals surface area contributed by atoms with Crippen LogP contribution < -0.4 is 5.32 Å². The summed E-state index contributed by atoms with van der Waals surface area (Å²) in [5.41, 5.74) is 0.975. The van der Waals surface area contributed by atoms with Gasteiger partial charge in [-0.15, -0.1) is 0 Å². The molecule has 0 radical (unpaired) electrons. The minimum Gasteiger partial charge on any atom is -0.354 e. The lowest BCUT2D eigenvalue weighted by atomic mass is 10.1. The topological polar surface area (TPSA) is 75.2 Å². The molecule has 1 aliphatic rings. The van der Waals surface area contributed by atoms with Crippen molar-refractivity contribution in [3.05, 3.63) is 77.9 Å². The molecule has 3 aromatic rings. The Morgan fingerprint density at radius 3 is 2.14 bits per heavy atom. The predicted octanol–water partition coefficient (Wildman–Crippen LogP) is 5.27. The Hall–Kier alpha value is -3.25. The van der Waals surface area contributed by atoms with Crippen molar-refractivity contribution in [1.82, 2.24) is 19.6 Å². The Morgan fingerprint density at radius 1 is 1.00 bits per heavy atom. The van der Waals surface area contributed by atoms with E-state index in [0.717, 1.165) is 31.3 Å². The number of amides is 1. The van der Waals surface area contributed by atoms with Gasteiger partial charge in [0.2, 0.25) is 12.2 Å².